The molecule has 3 aromatic carbocycles. The van der Waals surface area contributed by atoms with Crippen LogP contribution in [0.3, 0.4) is 0 Å². The Bertz CT molecular complexity index is 1070. The highest BCUT2D eigenvalue weighted by atomic mass is 16.5. The van der Waals surface area contributed by atoms with E-state index in [4.69, 9.17) is 4.74 Å². The Morgan fingerprint density at radius 2 is 1.59 bits per heavy atom. The number of aromatic nitrogens is 1. The first-order valence-electron chi connectivity index (χ1n) is 9.75. The number of carbonyl (C=O) groups is 1. The topological polar surface area (TPSA) is 54.1 Å². The standard InChI is InChI=1S/C25H24N2O2/c1-29-25(28)24(19-12-6-3-7-13-19)27-23(16-18-10-4-2-5-11-18)21-17-26-22-15-9-8-14-20(21)22/h2-15,17,23-24,26-27H,16H2,1H3/t23?,24-/m0/s1. The minimum atomic E-state index is -0.552. The SMILES string of the molecule is COC(=O)[C@@H](NC(Cc1ccccc1)c1c[nH]c2ccccc12)c1ccccc1. The van der Waals surface area contributed by atoms with E-state index in [-0.39, 0.29) is 12.0 Å². The Balaban J connectivity index is 1.74. The normalized spacial score (nSPS) is 13.1. The maximum Gasteiger partial charge on any atom is 0.327 e. The molecule has 0 aliphatic carbocycles. The van der Waals surface area contributed by atoms with Crippen molar-refractivity contribution in [1.29, 1.82) is 0 Å². The number of hydrogen-bond donors (Lipinski definition) is 2. The molecule has 0 saturated heterocycles. The quantitative estimate of drug-likeness (QED) is 0.443. The molecule has 29 heavy (non-hydrogen) atoms. The summed E-state index contributed by atoms with van der Waals surface area (Å²) in [6.45, 7) is 0. The second kappa shape index (κ2) is 8.76. The summed E-state index contributed by atoms with van der Waals surface area (Å²) in [6.07, 6.45) is 2.79. The molecule has 0 saturated carbocycles. The molecule has 0 bridgehead atoms. The van der Waals surface area contributed by atoms with Crippen molar-refractivity contribution in [1.82, 2.24) is 10.3 Å². The Labute approximate surface area is 170 Å². The van der Waals surface area contributed by atoms with Crippen LogP contribution in [-0.2, 0) is 16.0 Å². The highest BCUT2D eigenvalue weighted by Gasteiger charge is 2.27. The Morgan fingerprint density at radius 3 is 2.31 bits per heavy atom. The summed E-state index contributed by atoms with van der Waals surface area (Å²) in [5.41, 5.74) is 4.30. The van der Waals surface area contributed by atoms with Gasteiger partial charge >= 0.3 is 5.97 Å². The molecule has 1 unspecified atom stereocenters. The van der Waals surface area contributed by atoms with Crippen LogP contribution < -0.4 is 5.32 Å². The van der Waals surface area contributed by atoms with Gasteiger partial charge in [-0.05, 0) is 29.2 Å². The number of ether oxygens (including phenoxy) is 1. The number of carbonyl (C=O) groups excluding carboxylic acids is 1. The Kier molecular flexibility index (Phi) is 5.73. The van der Waals surface area contributed by atoms with Gasteiger partial charge in [-0.3, -0.25) is 5.32 Å². The number of methoxy groups -OCH3 is 1. The van der Waals surface area contributed by atoms with Gasteiger partial charge in [0.05, 0.1) is 7.11 Å². The van der Waals surface area contributed by atoms with Gasteiger partial charge in [0, 0.05) is 23.1 Å². The van der Waals surface area contributed by atoms with E-state index in [9.17, 15) is 4.79 Å². The zero-order chi connectivity index (χ0) is 20.1. The van der Waals surface area contributed by atoms with E-state index in [1.54, 1.807) is 0 Å². The van der Waals surface area contributed by atoms with E-state index in [0.717, 1.165) is 28.5 Å². The zero-order valence-corrected chi connectivity index (χ0v) is 16.3. The summed E-state index contributed by atoms with van der Waals surface area (Å²) in [4.78, 5) is 16.0. The second-order valence-electron chi connectivity index (χ2n) is 7.07. The smallest absolute Gasteiger partial charge is 0.327 e. The van der Waals surface area contributed by atoms with Crippen molar-refractivity contribution >= 4 is 16.9 Å². The highest BCUT2D eigenvalue weighted by molar-refractivity contribution is 5.84. The lowest BCUT2D eigenvalue weighted by atomic mass is 9.96. The third-order valence-electron chi connectivity index (χ3n) is 5.22. The van der Waals surface area contributed by atoms with E-state index in [0.29, 0.717) is 0 Å². The van der Waals surface area contributed by atoms with Gasteiger partial charge in [0.1, 0.15) is 6.04 Å². The fourth-order valence-corrected chi connectivity index (χ4v) is 3.76. The van der Waals surface area contributed by atoms with Crippen LogP contribution in [0, 0.1) is 0 Å². The number of aromatic amines is 1. The molecule has 146 valence electrons. The van der Waals surface area contributed by atoms with Crippen molar-refractivity contribution in [3.63, 3.8) is 0 Å². The minimum Gasteiger partial charge on any atom is -0.468 e. The number of hydrogen-bond acceptors (Lipinski definition) is 3. The van der Waals surface area contributed by atoms with E-state index in [2.05, 4.69) is 34.6 Å². The number of esters is 1. The van der Waals surface area contributed by atoms with Gasteiger partial charge in [-0.15, -0.1) is 0 Å². The fraction of sp³-hybridized carbons (Fsp3) is 0.160. The second-order valence-corrected chi connectivity index (χ2v) is 7.07. The first-order valence-corrected chi connectivity index (χ1v) is 9.75. The molecule has 0 aliphatic rings. The van der Waals surface area contributed by atoms with Crippen LogP contribution in [0.15, 0.2) is 91.1 Å². The van der Waals surface area contributed by atoms with E-state index >= 15 is 0 Å². The molecule has 4 aromatic rings. The number of benzene rings is 3. The van der Waals surface area contributed by atoms with E-state index in [1.165, 1.54) is 12.7 Å². The average Bonchev–Trinajstić information content (AvgIpc) is 3.21. The van der Waals surface area contributed by atoms with Crippen LogP contribution in [0.2, 0.25) is 0 Å². The van der Waals surface area contributed by atoms with Gasteiger partial charge in [-0.2, -0.15) is 0 Å². The minimum absolute atomic E-state index is 0.0714. The monoisotopic (exact) mass is 384 g/mol. The predicted octanol–water partition coefficient (Wildman–Crippen LogP) is 4.96. The van der Waals surface area contributed by atoms with Crippen LogP contribution >= 0.6 is 0 Å². The molecular formula is C25H24N2O2. The maximum absolute atomic E-state index is 12.6. The van der Waals surface area contributed by atoms with E-state index < -0.39 is 6.04 Å². The summed E-state index contributed by atoms with van der Waals surface area (Å²) in [6, 6.07) is 27.6. The Hall–Kier alpha value is -3.37. The fourth-order valence-electron chi connectivity index (χ4n) is 3.76. The number of nitrogens with one attached hydrogen (secondary N) is 2. The van der Waals surface area contributed by atoms with Crippen LogP contribution in [0.5, 0.6) is 0 Å². The van der Waals surface area contributed by atoms with Gasteiger partial charge < -0.3 is 9.72 Å². The summed E-state index contributed by atoms with van der Waals surface area (Å²) < 4.78 is 5.11. The van der Waals surface area contributed by atoms with Crippen molar-refractivity contribution in [2.75, 3.05) is 7.11 Å². The van der Waals surface area contributed by atoms with Crippen molar-refractivity contribution < 1.29 is 9.53 Å². The molecule has 2 atom stereocenters. The number of H-pyrrole nitrogens is 1. The molecule has 4 nitrogen and oxygen atoms in total. The van der Waals surface area contributed by atoms with E-state index in [1.807, 2.05) is 66.9 Å². The van der Waals surface area contributed by atoms with Gasteiger partial charge in [0.2, 0.25) is 0 Å². The zero-order valence-electron chi connectivity index (χ0n) is 16.3. The summed E-state index contributed by atoms with van der Waals surface area (Å²) in [5.74, 6) is -0.297. The summed E-state index contributed by atoms with van der Waals surface area (Å²) >= 11 is 0. The molecule has 0 fully saturated rings. The van der Waals surface area contributed by atoms with Gasteiger partial charge in [-0.25, -0.2) is 4.79 Å². The molecule has 0 amide bonds. The van der Waals surface area contributed by atoms with Crippen molar-refractivity contribution in [2.45, 2.75) is 18.5 Å². The first kappa shape index (κ1) is 19.0. The molecule has 1 heterocycles. The molecule has 0 spiro atoms. The van der Waals surface area contributed by atoms with Crippen LogP contribution in [0.4, 0.5) is 0 Å². The summed E-state index contributed by atoms with van der Waals surface area (Å²) in [5, 5.41) is 4.72. The lowest BCUT2D eigenvalue weighted by Crippen LogP contribution is -2.34. The number of fused-ring (bicyclic) bond motifs is 1. The average molecular weight is 384 g/mol. The van der Waals surface area contributed by atoms with Gasteiger partial charge in [-0.1, -0.05) is 78.9 Å². The third-order valence-corrected chi connectivity index (χ3v) is 5.22. The van der Waals surface area contributed by atoms with Crippen molar-refractivity contribution in [2.24, 2.45) is 0 Å². The molecule has 2 N–H and O–H groups in total. The first-order chi connectivity index (χ1) is 14.3. The number of rotatable bonds is 7. The summed E-state index contributed by atoms with van der Waals surface area (Å²) in [7, 11) is 1.43. The van der Waals surface area contributed by atoms with Gasteiger partial charge in [0.15, 0.2) is 0 Å². The maximum atomic E-state index is 12.6. The number of para-hydroxylation sites is 1. The lowest BCUT2D eigenvalue weighted by molar-refractivity contribution is -0.143. The lowest BCUT2D eigenvalue weighted by Gasteiger charge is -2.25. The van der Waals surface area contributed by atoms with Crippen LogP contribution in [-0.4, -0.2) is 18.1 Å². The van der Waals surface area contributed by atoms with Crippen LogP contribution in [0.25, 0.3) is 10.9 Å². The predicted molar refractivity (Wildman–Crippen MR) is 116 cm³/mol. The van der Waals surface area contributed by atoms with Crippen molar-refractivity contribution in [3.8, 4) is 0 Å². The molecular weight excluding hydrogens is 360 g/mol. The van der Waals surface area contributed by atoms with Crippen molar-refractivity contribution in [3.05, 3.63) is 108 Å². The van der Waals surface area contributed by atoms with Crippen LogP contribution in [0.1, 0.15) is 28.8 Å². The molecule has 0 aliphatic heterocycles. The Morgan fingerprint density at radius 1 is 0.931 bits per heavy atom. The molecule has 4 heteroatoms. The largest absolute Gasteiger partial charge is 0.468 e. The molecule has 0 radical (unpaired) electrons. The molecule has 1 aromatic heterocycles. The highest BCUT2D eigenvalue weighted by Crippen LogP contribution is 2.29. The van der Waals surface area contributed by atoms with Gasteiger partial charge in [0.25, 0.3) is 0 Å². The third kappa shape index (κ3) is 4.23. The molecule has 4 rings (SSSR count).